The molecule has 0 aliphatic carbocycles. The van der Waals surface area contributed by atoms with E-state index in [9.17, 15) is 14.9 Å². The van der Waals surface area contributed by atoms with Gasteiger partial charge in [0.1, 0.15) is 0 Å². The summed E-state index contributed by atoms with van der Waals surface area (Å²) in [4.78, 5) is 22.2. The molecular formula is C14H16N2O3. The van der Waals surface area contributed by atoms with E-state index in [1.165, 1.54) is 12.1 Å². The van der Waals surface area contributed by atoms with Crippen LogP contribution in [-0.2, 0) is 11.3 Å². The van der Waals surface area contributed by atoms with Crippen molar-refractivity contribution in [2.24, 2.45) is 5.92 Å². The third kappa shape index (κ3) is 2.65. The zero-order valence-corrected chi connectivity index (χ0v) is 11.0. The van der Waals surface area contributed by atoms with Gasteiger partial charge in [-0.15, -0.1) is 0 Å². The van der Waals surface area contributed by atoms with Crippen molar-refractivity contribution in [3.05, 3.63) is 40.6 Å². The molecule has 1 atom stereocenters. The SMILES string of the molecule is CCC(C)C(=O)Cn1ccc2cc([N+](=O)[O-])ccc21. The lowest BCUT2D eigenvalue weighted by Gasteiger charge is -2.09. The topological polar surface area (TPSA) is 65.1 Å². The van der Waals surface area contributed by atoms with Crippen LogP contribution in [0.5, 0.6) is 0 Å². The van der Waals surface area contributed by atoms with E-state index in [4.69, 9.17) is 0 Å². The van der Waals surface area contributed by atoms with E-state index in [1.807, 2.05) is 18.4 Å². The summed E-state index contributed by atoms with van der Waals surface area (Å²) in [6.45, 7) is 4.22. The average molecular weight is 260 g/mol. The summed E-state index contributed by atoms with van der Waals surface area (Å²) >= 11 is 0. The van der Waals surface area contributed by atoms with Crippen LogP contribution in [-0.4, -0.2) is 15.3 Å². The van der Waals surface area contributed by atoms with Crippen molar-refractivity contribution in [3.8, 4) is 0 Å². The molecule has 0 fully saturated rings. The Balaban J connectivity index is 2.31. The zero-order chi connectivity index (χ0) is 14.0. The highest BCUT2D eigenvalue weighted by Crippen LogP contribution is 2.22. The highest BCUT2D eigenvalue weighted by atomic mass is 16.6. The lowest BCUT2D eigenvalue weighted by molar-refractivity contribution is -0.384. The Kier molecular flexibility index (Phi) is 3.64. The number of ketones is 1. The van der Waals surface area contributed by atoms with E-state index in [0.29, 0.717) is 6.54 Å². The molecule has 0 aliphatic heterocycles. The van der Waals surface area contributed by atoms with Crippen LogP contribution in [0, 0.1) is 16.0 Å². The van der Waals surface area contributed by atoms with Gasteiger partial charge in [-0.3, -0.25) is 14.9 Å². The molecule has 0 spiro atoms. The largest absolute Gasteiger partial charge is 0.340 e. The quantitative estimate of drug-likeness (QED) is 0.612. The molecule has 19 heavy (non-hydrogen) atoms. The van der Waals surface area contributed by atoms with Gasteiger partial charge in [-0.25, -0.2) is 0 Å². The minimum Gasteiger partial charge on any atom is -0.340 e. The van der Waals surface area contributed by atoms with Crippen molar-refractivity contribution in [1.29, 1.82) is 0 Å². The first kappa shape index (κ1) is 13.3. The lowest BCUT2D eigenvalue weighted by Crippen LogP contribution is -2.16. The molecule has 1 aromatic carbocycles. The molecule has 2 aromatic rings. The average Bonchev–Trinajstić information content (AvgIpc) is 2.80. The van der Waals surface area contributed by atoms with Crippen LogP contribution in [0.15, 0.2) is 30.5 Å². The summed E-state index contributed by atoms with van der Waals surface area (Å²) in [5.41, 5.74) is 0.917. The molecular weight excluding hydrogens is 244 g/mol. The van der Waals surface area contributed by atoms with Gasteiger partial charge in [0.25, 0.3) is 5.69 Å². The van der Waals surface area contributed by atoms with E-state index >= 15 is 0 Å². The number of nitro benzene ring substituents is 1. The van der Waals surface area contributed by atoms with Crippen LogP contribution in [0.3, 0.4) is 0 Å². The second-order valence-corrected chi connectivity index (χ2v) is 4.72. The van der Waals surface area contributed by atoms with Crippen molar-refractivity contribution in [3.63, 3.8) is 0 Å². The summed E-state index contributed by atoms with van der Waals surface area (Å²) in [7, 11) is 0. The highest BCUT2D eigenvalue weighted by molar-refractivity contribution is 5.86. The van der Waals surface area contributed by atoms with Gasteiger partial charge in [-0.05, 0) is 18.6 Å². The minimum atomic E-state index is -0.416. The van der Waals surface area contributed by atoms with Crippen molar-refractivity contribution in [2.75, 3.05) is 0 Å². The number of hydrogen-bond acceptors (Lipinski definition) is 3. The molecule has 0 saturated carbocycles. The standard InChI is InChI=1S/C14H16N2O3/c1-3-10(2)14(17)9-15-7-6-11-8-12(16(18)19)4-5-13(11)15/h4-8,10H,3,9H2,1-2H3. The second kappa shape index (κ2) is 5.22. The van der Waals surface area contributed by atoms with E-state index in [-0.39, 0.29) is 17.4 Å². The van der Waals surface area contributed by atoms with Gasteiger partial charge in [-0.1, -0.05) is 13.8 Å². The van der Waals surface area contributed by atoms with Crippen LogP contribution in [0.2, 0.25) is 0 Å². The smallest absolute Gasteiger partial charge is 0.270 e. The maximum absolute atomic E-state index is 11.9. The fraction of sp³-hybridized carbons (Fsp3) is 0.357. The van der Waals surface area contributed by atoms with Gasteiger partial charge >= 0.3 is 0 Å². The highest BCUT2D eigenvalue weighted by Gasteiger charge is 2.13. The normalized spacial score (nSPS) is 12.5. The monoisotopic (exact) mass is 260 g/mol. The first-order valence-electron chi connectivity index (χ1n) is 6.29. The molecule has 0 bridgehead atoms. The van der Waals surface area contributed by atoms with Crippen molar-refractivity contribution < 1.29 is 9.72 Å². The Labute approximate surface area is 111 Å². The number of non-ortho nitro benzene ring substituents is 1. The van der Waals surface area contributed by atoms with Crippen LogP contribution in [0.4, 0.5) is 5.69 Å². The zero-order valence-electron chi connectivity index (χ0n) is 11.0. The molecule has 0 N–H and O–H groups in total. The fourth-order valence-electron chi connectivity index (χ4n) is 1.99. The molecule has 5 heteroatoms. The van der Waals surface area contributed by atoms with Gasteiger partial charge in [-0.2, -0.15) is 0 Å². The number of rotatable bonds is 5. The number of carbonyl (C=O) groups excluding carboxylic acids is 1. The van der Waals surface area contributed by atoms with Crippen molar-refractivity contribution >= 4 is 22.4 Å². The Hall–Kier alpha value is -2.17. The molecule has 1 heterocycles. The van der Waals surface area contributed by atoms with Crippen LogP contribution >= 0.6 is 0 Å². The number of benzene rings is 1. The predicted octanol–water partition coefficient (Wildman–Crippen LogP) is 3.16. The lowest BCUT2D eigenvalue weighted by atomic mass is 10.0. The fourth-order valence-corrected chi connectivity index (χ4v) is 1.99. The summed E-state index contributed by atoms with van der Waals surface area (Å²) in [6.07, 6.45) is 2.62. The number of fused-ring (bicyclic) bond motifs is 1. The molecule has 0 aliphatic rings. The van der Waals surface area contributed by atoms with Gasteiger partial charge in [0.15, 0.2) is 5.78 Å². The molecule has 1 unspecified atom stereocenters. The van der Waals surface area contributed by atoms with Crippen molar-refractivity contribution in [1.82, 2.24) is 4.57 Å². The Morgan fingerprint density at radius 2 is 2.16 bits per heavy atom. The summed E-state index contributed by atoms with van der Waals surface area (Å²) in [6, 6.07) is 6.48. The summed E-state index contributed by atoms with van der Waals surface area (Å²) < 4.78 is 1.84. The molecule has 5 nitrogen and oxygen atoms in total. The predicted molar refractivity (Wildman–Crippen MR) is 73.1 cm³/mol. The molecule has 100 valence electrons. The third-order valence-corrected chi connectivity index (χ3v) is 3.45. The van der Waals surface area contributed by atoms with E-state index in [1.54, 1.807) is 18.3 Å². The first-order valence-corrected chi connectivity index (χ1v) is 6.29. The third-order valence-electron chi connectivity index (χ3n) is 3.45. The maximum Gasteiger partial charge on any atom is 0.270 e. The van der Waals surface area contributed by atoms with E-state index in [2.05, 4.69) is 0 Å². The van der Waals surface area contributed by atoms with Crippen LogP contribution < -0.4 is 0 Å². The minimum absolute atomic E-state index is 0.0375. The van der Waals surface area contributed by atoms with Crippen molar-refractivity contribution in [2.45, 2.75) is 26.8 Å². The van der Waals surface area contributed by atoms with Crippen LogP contribution in [0.25, 0.3) is 10.9 Å². The number of aromatic nitrogens is 1. The van der Waals surface area contributed by atoms with E-state index < -0.39 is 4.92 Å². The second-order valence-electron chi connectivity index (χ2n) is 4.72. The molecule has 0 amide bonds. The summed E-state index contributed by atoms with van der Waals surface area (Å²) in [5, 5.41) is 11.5. The Morgan fingerprint density at radius 1 is 1.42 bits per heavy atom. The number of carbonyl (C=O) groups is 1. The Bertz CT molecular complexity index is 631. The first-order chi connectivity index (χ1) is 9.02. The van der Waals surface area contributed by atoms with Gasteiger partial charge in [0.05, 0.1) is 11.5 Å². The maximum atomic E-state index is 11.9. The van der Waals surface area contributed by atoms with Gasteiger partial charge < -0.3 is 4.57 Å². The number of nitro groups is 1. The molecule has 1 aromatic heterocycles. The number of Topliss-reactive ketones (excluding diaryl/α,β-unsaturated/α-hetero) is 1. The Morgan fingerprint density at radius 3 is 2.79 bits per heavy atom. The molecule has 2 rings (SSSR count). The van der Waals surface area contributed by atoms with Crippen LogP contribution in [0.1, 0.15) is 20.3 Å². The number of nitrogens with zero attached hydrogens (tertiary/aromatic N) is 2. The van der Waals surface area contributed by atoms with Gasteiger partial charge in [0.2, 0.25) is 0 Å². The number of hydrogen-bond donors (Lipinski definition) is 0. The molecule has 0 saturated heterocycles. The van der Waals surface area contributed by atoms with E-state index in [0.717, 1.165) is 17.3 Å². The molecule has 0 radical (unpaired) electrons. The van der Waals surface area contributed by atoms with Gasteiger partial charge in [0, 0.05) is 35.2 Å². The summed E-state index contributed by atoms with van der Waals surface area (Å²) in [5.74, 6) is 0.217.